The lowest BCUT2D eigenvalue weighted by Gasteiger charge is -2.32. The third-order valence-corrected chi connectivity index (χ3v) is 6.24. The molecule has 2 aromatic heterocycles. The zero-order chi connectivity index (χ0) is 18.7. The van der Waals surface area contributed by atoms with Gasteiger partial charge in [-0.25, -0.2) is 9.78 Å². The minimum Gasteiger partial charge on any atom is -0.459 e. The van der Waals surface area contributed by atoms with Gasteiger partial charge in [0.25, 0.3) is 0 Å². The van der Waals surface area contributed by atoms with Crippen LogP contribution in [0.5, 0.6) is 0 Å². The van der Waals surface area contributed by atoms with Gasteiger partial charge in [0.05, 0.1) is 12.0 Å². The van der Waals surface area contributed by atoms with Crippen molar-refractivity contribution >= 4 is 44.9 Å². The first-order valence-electron chi connectivity index (χ1n) is 8.88. The van der Waals surface area contributed by atoms with Crippen molar-refractivity contribution in [3.8, 4) is 0 Å². The van der Waals surface area contributed by atoms with Gasteiger partial charge < -0.3 is 14.4 Å². The molecule has 8 heteroatoms. The van der Waals surface area contributed by atoms with Crippen LogP contribution >= 0.6 is 22.9 Å². The molecule has 0 unspecified atom stereocenters. The Kier molecular flexibility index (Phi) is 6.32. The van der Waals surface area contributed by atoms with Gasteiger partial charge in [0.15, 0.2) is 0 Å². The van der Waals surface area contributed by atoms with Gasteiger partial charge in [-0.05, 0) is 36.9 Å². The normalized spacial score (nSPS) is 15.4. The summed E-state index contributed by atoms with van der Waals surface area (Å²) in [6.45, 7) is 2.52. The first-order chi connectivity index (χ1) is 12.5. The highest BCUT2D eigenvalue weighted by Gasteiger charge is 2.26. The van der Waals surface area contributed by atoms with E-state index in [1.54, 1.807) is 7.11 Å². The minimum absolute atomic E-state index is 0.204. The number of hydrogen-bond acceptors (Lipinski definition) is 7. The van der Waals surface area contributed by atoms with Gasteiger partial charge >= 0.3 is 5.97 Å². The number of carbonyl (C=O) groups is 1. The molecule has 6 nitrogen and oxygen atoms in total. The Labute approximate surface area is 162 Å². The summed E-state index contributed by atoms with van der Waals surface area (Å²) < 4.78 is 10.2. The van der Waals surface area contributed by atoms with Crippen LogP contribution in [0.3, 0.4) is 0 Å². The average Bonchev–Trinajstić information content (AvgIpc) is 2.98. The van der Waals surface area contributed by atoms with Gasteiger partial charge in [0.1, 0.15) is 22.1 Å². The largest absolute Gasteiger partial charge is 0.459 e. The number of carbonyl (C=O) groups excluding carboxylic acids is 1. The molecule has 0 amide bonds. The van der Waals surface area contributed by atoms with Gasteiger partial charge in [-0.1, -0.05) is 19.3 Å². The lowest BCUT2D eigenvalue weighted by Crippen LogP contribution is -2.34. The van der Waals surface area contributed by atoms with Crippen LogP contribution < -0.4 is 4.90 Å². The summed E-state index contributed by atoms with van der Waals surface area (Å²) in [6, 6.07) is 0.439. The number of methoxy groups -OCH3 is 1. The van der Waals surface area contributed by atoms with Crippen molar-refractivity contribution in [1.29, 1.82) is 0 Å². The molecule has 26 heavy (non-hydrogen) atoms. The second-order valence-electron chi connectivity index (χ2n) is 6.58. The second kappa shape index (κ2) is 8.50. The Morgan fingerprint density at radius 1 is 1.27 bits per heavy atom. The molecule has 1 saturated carbocycles. The van der Waals surface area contributed by atoms with E-state index in [1.165, 1.54) is 30.6 Å². The summed E-state index contributed by atoms with van der Waals surface area (Å²) in [4.78, 5) is 24.7. The standard InChI is InChI=1S/C18H24ClN3O3S/c1-11-13-15(22(2)12-7-5-4-6-8-12)20-18(19)21-16(13)26-14(11)17(23)25-10-9-24-3/h12H,4-10H2,1-3H3. The quantitative estimate of drug-likeness (QED) is 0.413. The minimum atomic E-state index is -0.357. The highest BCUT2D eigenvalue weighted by Crippen LogP contribution is 2.38. The molecule has 0 aliphatic heterocycles. The number of halogens is 1. The van der Waals surface area contributed by atoms with E-state index in [2.05, 4.69) is 21.9 Å². The van der Waals surface area contributed by atoms with Crippen LogP contribution in [-0.4, -0.2) is 49.4 Å². The first kappa shape index (κ1) is 19.3. The van der Waals surface area contributed by atoms with Crippen molar-refractivity contribution in [2.24, 2.45) is 0 Å². The van der Waals surface area contributed by atoms with E-state index in [9.17, 15) is 4.79 Å². The third-order valence-electron chi connectivity index (χ3n) is 4.91. The van der Waals surface area contributed by atoms with Crippen LogP contribution in [0.15, 0.2) is 0 Å². The lowest BCUT2D eigenvalue weighted by atomic mass is 9.94. The number of esters is 1. The van der Waals surface area contributed by atoms with Crippen molar-refractivity contribution in [1.82, 2.24) is 9.97 Å². The van der Waals surface area contributed by atoms with E-state index in [1.807, 2.05) is 6.92 Å². The number of hydrogen-bond donors (Lipinski definition) is 0. The van der Waals surface area contributed by atoms with Crippen molar-refractivity contribution in [2.45, 2.75) is 45.1 Å². The van der Waals surface area contributed by atoms with Gasteiger partial charge in [-0.3, -0.25) is 0 Å². The van der Waals surface area contributed by atoms with Crippen molar-refractivity contribution in [3.05, 3.63) is 15.7 Å². The van der Waals surface area contributed by atoms with Crippen LogP contribution in [0.4, 0.5) is 5.82 Å². The average molecular weight is 398 g/mol. The molecule has 1 aliphatic carbocycles. The monoisotopic (exact) mass is 397 g/mol. The van der Waals surface area contributed by atoms with E-state index >= 15 is 0 Å². The highest BCUT2D eigenvalue weighted by molar-refractivity contribution is 7.20. The number of aromatic nitrogens is 2. The number of aryl methyl sites for hydroxylation is 1. The molecule has 1 aliphatic rings. The molecule has 2 heterocycles. The van der Waals surface area contributed by atoms with E-state index in [0.29, 0.717) is 17.5 Å². The van der Waals surface area contributed by atoms with Crippen LogP contribution in [-0.2, 0) is 9.47 Å². The van der Waals surface area contributed by atoms with Crippen LogP contribution in [0, 0.1) is 6.92 Å². The molecule has 0 spiro atoms. The van der Waals surface area contributed by atoms with Crippen molar-refractivity contribution in [2.75, 3.05) is 32.3 Å². The molecule has 2 aromatic rings. The number of thiophene rings is 1. The topological polar surface area (TPSA) is 64.5 Å². The second-order valence-corrected chi connectivity index (χ2v) is 7.92. The Hall–Kier alpha value is -1.44. The number of rotatable bonds is 6. The molecular formula is C18H24ClN3O3S. The van der Waals surface area contributed by atoms with E-state index in [0.717, 1.165) is 34.4 Å². The smallest absolute Gasteiger partial charge is 0.348 e. The molecule has 0 N–H and O–H groups in total. The summed E-state index contributed by atoms with van der Waals surface area (Å²) >= 11 is 7.48. The fraction of sp³-hybridized carbons (Fsp3) is 0.611. The summed E-state index contributed by atoms with van der Waals surface area (Å²) in [5.41, 5.74) is 0.849. The van der Waals surface area contributed by atoms with Crippen LogP contribution in [0.2, 0.25) is 5.28 Å². The fourth-order valence-electron chi connectivity index (χ4n) is 3.47. The zero-order valence-corrected chi connectivity index (χ0v) is 17.0. The Balaban J connectivity index is 1.97. The zero-order valence-electron chi connectivity index (χ0n) is 15.4. The van der Waals surface area contributed by atoms with Gasteiger partial charge in [-0.2, -0.15) is 4.98 Å². The molecule has 0 atom stereocenters. The predicted molar refractivity (Wildman–Crippen MR) is 105 cm³/mol. The SMILES string of the molecule is COCCOC(=O)c1sc2nc(Cl)nc(N(C)C3CCCCC3)c2c1C. The van der Waals surface area contributed by atoms with E-state index < -0.39 is 0 Å². The summed E-state index contributed by atoms with van der Waals surface area (Å²) in [6.07, 6.45) is 6.05. The molecule has 142 valence electrons. The fourth-order valence-corrected chi connectivity index (χ4v) is 4.75. The maximum Gasteiger partial charge on any atom is 0.348 e. The number of ether oxygens (including phenoxy) is 2. The molecule has 0 radical (unpaired) electrons. The maximum absolute atomic E-state index is 12.4. The van der Waals surface area contributed by atoms with E-state index in [4.69, 9.17) is 21.1 Å². The Morgan fingerprint density at radius 3 is 2.69 bits per heavy atom. The van der Waals surface area contributed by atoms with Crippen molar-refractivity contribution < 1.29 is 14.3 Å². The first-order valence-corrected chi connectivity index (χ1v) is 10.1. The summed E-state index contributed by atoms with van der Waals surface area (Å²) in [7, 11) is 3.63. The van der Waals surface area contributed by atoms with Gasteiger partial charge in [0, 0.05) is 20.2 Å². The van der Waals surface area contributed by atoms with E-state index in [-0.39, 0.29) is 17.9 Å². The third kappa shape index (κ3) is 3.94. The Bertz CT molecular complexity index is 790. The van der Waals surface area contributed by atoms with Gasteiger partial charge in [-0.15, -0.1) is 11.3 Å². The molecule has 0 aromatic carbocycles. The van der Waals surface area contributed by atoms with Crippen LogP contribution in [0.1, 0.15) is 47.3 Å². The molecular weight excluding hydrogens is 374 g/mol. The Morgan fingerprint density at radius 2 is 2.00 bits per heavy atom. The highest BCUT2D eigenvalue weighted by atomic mass is 35.5. The summed E-state index contributed by atoms with van der Waals surface area (Å²) in [5, 5.41) is 1.10. The van der Waals surface area contributed by atoms with Crippen molar-refractivity contribution in [3.63, 3.8) is 0 Å². The molecule has 0 bridgehead atoms. The van der Waals surface area contributed by atoms with Gasteiger partial charge in [0.2, 0.25) is 5.28 Å². The molecule has 1 fully saturated rings. The number of anilines is 1. The molecule has 0 saturated heterocycles. The number of nitrogens with zero attached hydrogens (tertiary/aromatic N) is 3. The maximum atomic E-state index is 12.4. The predicted octanol–water partition coefficient (Wildman–Crippen LogP) is 4.23. The lowest BCUT2D eigenvalue weighted by molar-refractivity contribution is 0.0393. The molecule has 3 rings (SSSR count). The van der Waals surface area contributed by atoms with Crippen LogP contribution in [0.25, 0.3) is 10.2 Å². The number of fused-ring (bicyclic) bond motifs is 1. The summed E-state index contributed by atoms with van der Waals surface area (Å²) in [5.74, 6) is 0.446.